The van der Waals surface area contributed by atoms with Gasteiger partial charge in [-0.05, 0) is 29.1 Å². The molecule has 0 radical (unpaired) electrons. The number of aliphatic hydroxyl groups is 1. The molecule has 0 fully saturated rings. The van der Waals surface area contributed by atoms with E-state index in [9.17, 15) is 5.11 Å². The minimum atomic E-state index is -0.767. The predicted molar refractivity (Wildman–Crippen MR) is 78.8 cm³/mol. The van der Waals surface area contributed by atoms with Crippen molar-refractivity contribution in [2.45, 2.75) is 6.10 Å². The van der Waals surface area contributed by atoms with Crippen LogP contribution in [0.25, 0.3) is 10.8 Å². The highest BCUT2D eigenvalue weighted by atomic mass is 16.5. The molecular formula is C17H15NO2. The molecule has 1 heterocycles. The fourth-order valence-electron chi connectivity index (χ4n) is 2.33. The van der Waals surface area contributed by atoms with Crippen molar-refractivity contribution < 1.29 is 9.84 Å². The van der Waals surface area contributed by atoms with Crippen molar-refractivity contribution in [1.82, 2.24) is 4.98 Å². The first-order chi connectivity index (χ1) is 9.79. The van der Waals surface area contributed by atoms with Crippen LogP contribution in [-0.2, 0) is 0 Å². The third kappa shape index (κ3) is 2.24. The van der Waals surface area contributed by atoms with Crippen LogP contribution in [0.1, 0.15) is 17.4 Å². The molecule has 0 aliphatic heterocycles. The Balaban J connectivity index is 2.10. The van der Waals surface area contributed by atoms with E-state index in [0.717, 1.165) is 22.1 Å². The van der Waals surface area contributed by atoms with Crippen LogP contribution in [-0.4, -0.2) is 17.2 Å². The molecule has 0 amide bonds. The molecule has 1 aromatic heterocycles. The molecule has 0 saturated heterocycles. The quantitative estimate of drug-likeness (QED) is 0.790. The summed E-state index contributed by atoms with van der Waals surface area (Å²) in [6.45, 7) is 0. The molecule has 100 valence electrons. The predicted octanol–water partition coefficient (Wildman–Crippen LogP) is 3.33. The van der Waals surface area contributed by atoms with Crippen LogP contribution in [0.3, 0.4) is 0 Å². The van der Waals surface area contributed by atoms with Crippen molar-refractivity contribution in [2.75, 3.05) is 7.11 Å². The highest BCUT2D eigenvalue weighted by Gasteiger charge is 2.15. The highest BCUT2D eigenvalue weighted by molar-refractivity contribution is 5.84. The number of hydrogen-bond donors (Lipinski definition) is 1. The van der Waals surface area contributed by atoms with E-state index in [-0.39, 0.29) is 0 Å². The van der Waals surface area contributed by atoms with Crippen molar-refractivity contribution in [3.8, 4) is 5.75 Å². The topological polar surface area (TPSA) is 42.4 Å². The zero-order chi connectivity index (χ0) is 13.9. The van der Waals surface area contributed by atoms with Gasteiger partial charge < -0.3 is 9.84 Å². The lowest BCUT2D eigenvalue weighted by Gasteiger charge is -2.14. The molecule has 3 rings (SSSR count). The summed E-state index contributed by atoms with van der Waals surface area (Å²) in [6.07, 6.45) is 0.956. The molecular weight excluding hydrogens is 250 g/mol. The standard InChI is InChI=1S/C17H15NO2/c1-20-14-7-4-6-13(11-14)17(19)16-15-8-3-2-5-12(15)9-10-18-16/h2-11,17,19H,1H3. The van der Waals surface area contributed by atoms with E-state index in [1.165, 1.54) is 0 Å². The maximum atomic E-state index is 10.6. The molecule has 0 aliphatic carbocycles. The molecule has 2 aromatic carbocycles. The lowest BCUT2D eigenvalue weighted by atomic mass is 10.0. The smallest absolute Gasteiger partial charge is 0.122 e. The summed E-state index contributed by atoms with van der Waals surface area (Å²) in [5.41, 5.74) is 1.43. The third-order valence-corrected chi connectivity index (χ3v) is 3.37. The first-order valence-corrected chi connectivity index (χ1v) is 6.45. The summed E-state index contributed by atoms with van der Waals surface area (Å²) in [5.74, 6) is 0.724. The monoisotopic (exact) mass is 265 g/mol. The van der Waals surface area contributed by atoms with Gasteiger partial charge in [0.15, 0.2) is 0 Å². The van der Waals surface area contributed by atoms with Crippen LogP contribution < -0.4 is 4.74 Å². The molecule has 1 N–H and O–H groups in total. The highest BCUT2D eigenvalue weighted by Crippen LogP contribution is 2.28. The van der Waals surface area contributed by atoms with Crippen molar-refractivity contribution in [3.63, 3.8) is 0 Å². The Morgan fingerprint density at radius 2 is 1.90 bits per heavy atom. The summed E-state index contributed by atoms with van der Waals surface area (Å²) in [5, 5.41) is 12.6. The fourth-order valence-corrected chi connectivity index (χ4v) is 2.33. The Hall–Kier alpha value is -2.39. The van der Waals surface area contributed by atoms with Crippen LogP contribution in [0.2, 0.25) is 0 Å². The van der Waals surface area contributed by atoms with E-state index >= 15 is 0 Å². The molecule has 0 spiro atoms. The number of aromatic nitrogens is 1. The number of nitrogens with zero attached hydrogens (tertiary/aromatic N) is 1. The van der Waals surface area contributed by atoms with Crippen LogP contribution in [0, 0.1) is 0 Å². The zero-order valence-electron chi connectivity index (χ0n) is 11.2. The van der Waals surface area contributed by atoms with Gasteiger partial charge in [0.1, 0.15) is 11.9 Å². The molecule has 3 aromatic rings. The molecule has 1 atom stereocenters. The summed E-state index contributed by atoms with van der Waals surface area (Å²) in [4.78, 5) is 4.35. The van der Waals surface area contributed by atoms with Crippen molar-refractivity contribution in [2.24, 2.45) is 0 Å². The summed E-state index contributed by atoms with van der Waals surface area (Å²) < 4.78 is 5.20. The Kier molecular flexibility index (Phi) is 3.35. The average molecular weight is 265 g/mol. The molecule has 0 bridgehead atoms. The summed E-state index contributed by atoms with van der Waals surface area (Å²) in [6, 6.07) is 17.3. The number of aliphatic hydroxyl groups excluding tert-OH is 1. The second-order valence-electron chi connectivity index (χ2n) is 4.60. The Bertz CT molecular complexity index is 734. The minimum absolute atomic E-state index is 0.663. The molecule has 0 aliphatic rings. The van der Waals surface area contributed by atoms with E-state index in [0.29, 0.717) is 5.69 Å². The molecule has 0 saturated carbocycles. The first-order valence-electron chi connectivity index (χ1n) is 6.45. The van der Waals surface area contributed by atoms with Gasteiger partial charge in [0.05, 0.1) is 12.8 Å². The molecule has 3 nitrogen and oxygen atoms in total. The second kappa shape index (κ2) is 5.31. The average Bonchev–Trinajstić information content (AvgIpc) is 2.53. The van der Waals surface area contributed by atoms with Gasteiger partial charge in [-0.1, -0.05) is 36.4 Å². The van der Waals surface area contributed by atoms with E-state index in [1.54, 1.807) is 13.3 Å². The van der Waals surface area contributed by atoms with Gasteiger partial charge >= 0.3 is 0 Å². The fraction of sp³-hybridized carbons (Fsp3) is 0.118. The lowest BCUT2D eigenvalue weighted by Crippen LogP contribution is -2.03. The third-order valence-electron chi connectivity index (χ3n) is 3.37. The maximum Gasteiger partial charge on any atom is 0.122 e. The largest absolute Gasteiger partial charge is 0.497 e. The van der Waals surface area contributed by atoms with Crippen molar-refractivity contribution >= 4 is 10.8 Å². The van der Waals surface area contributed by atoms with Gasteiger partial charge in [-0.15, -0.1) is 0 Å². The molecule has 3 heteroatoms. The summed E-state index contributed by atoms with van der Waals surface area (Å²) >= 11 is 0. The first kappa shape index (κ1) is 12.6. The van der Waals surface area contributed by atoms with Gasteiger partial charge in [-0.3, -0.25) is 4.98 Å². The number of benzene rings is 2. The Labute approximate surface area is 117 Å². The Morgan fingerprint density at radius 1 is 1.05 bits per heavy atom. The van der Waals surface area contributed by atoms with Crippen LogP contribution in [0.4, 0.5) is 0 Å². The zero-order valence-corrected chi connectivity index (χ0v) is 11.2. The number of rotatable bonds is 3. The van der Waals surface area contributed by atoms with Gasteiger partial charge in [0, 0.05) is 11.6 Å². The number of pyridine rings is 1. The Morgan fingerprint density at radius 3 is 2.75 bits per heavy atom. The second-order valence-corrected chi connectivity index (χ2v) is 4.60. The van der Waals surface area contributed by atoms with Gasteiger partial charge in [0.2, 0.25) is 0 Å². The SMILES string of the molecule is COc1cccc(C(O)c2nccc3ccccc23)c1. The van der Waals surface area contributed by atoms with Crippen LogP contribution in [0.15, 0.2) is 60.8 Å². The summed E-state index contributed by atoms with van der Waals surface area (Å²) in [7, 11) is 1.61. The molecule has 20 heavy (non-hydrogen) atoms. The van der Waals surface area contributed by atoms with E-state index in [1.807, 2.05) is 54.6 Å². The number of methoxy groups -OCH3 is 1. The van der Waals surface area contributed by atoms with Crippen molar-refractivity contribution in [3.05, 3.63) is 72.1 Å². The van der Waals surface area contributed by atoms with Gasteiger partial charge in [-0.2, -0.15) is 0 Å². The van der Waals surface area contributed by atoms with E-state index in [2.05, 4.69) is 4.98 Å². The van der Waals surface area contributed by atoms with E-state index in [4.69, 9.17) is 4.74 Å². The lowest BCUT2D eigenvalue weighted by molar-refractivity contribution is 0.216. The van der Waals surface area contributed by atoms with Gasteiger partial charge in [0.25, 0.3) is 0 Å². The number of hydrogen-bond acceptors (Lipinski definition) is 3. The minimum Gasteiger partial charge on any atom is -0.497 e. The van der Waals surface area contributed by atoms with Crippen LogP contribution >= 0.6 is 0 Å². The molecule has 1 unspecified atom stereocenters. The van der Waals surface area contributed by atoms with Crippen LogP contribution in [0.5, 0.6) is 5.75 Å². The van der Waals surface area contributed by atoms with Gasteiger partial charge in [-0.25, -0.2) is 0 Å². The maximum absolute atomic E-state index is 10.6. The van der Waals surface area contributed by atoms with E-state index < -0.39 is 6.10 Å². The number of fused-ring (bicyclic) bond motifs is 1. The normalized spacial score (nSPS) is 12.3. The van der Waals surface area contributed by atoms with Crippen molar-refractivity contribution in [1.29, 1.82) is 0 Å². The number of ether oxygens (including phenoxy) is 1.